The van der Waals surface area contributed by atoms with Crippen molar-refractivity contribution in [2.24, 2.45) is 0 Å². The first-order valence-electron chi connectivity index (χ1n) is 8.53. The Hall–Kier alpha value is -2.84. The van der Waals surface area contributed by atoms with Crippen molar-refractivity contribution in [3.8, 4) is 0 Å². The molecule has 1 aromatic heterocycles. The maximum atomic E-state index is 12.9. The van der Waals surface area contributed by atoms with Crippen molar-refractivity contribution in [2.45, 2.75) is 20.0 Å². The molecular weight excluding hydrogens is 359 g/mol. The van der Waals surface area contributed by atoms with Crippen molar-refractivity contribution in [3.05, 3.63) is 41.6 Å². The van der Waals surface area contributed by atoms with Crippen molar-refractivity contribution >= 4 is 23.4 Å². The second-order valence-electron chi connectivity index (χ2n) is 6.39. The van der Waals surface area contributed by atoms with Gasteiger partial charge in [0.05, 0.1) is 5.56 Å². The highest BCUT2D eigenvalue weighted by atomic mass is 19.4. The average molecular weight is 379 g/mol. The maximum Gasteiger partial charge on any atom is 0.416 e. The molecule has 2 heterocycles. The molecule has 0 bridgehead atoms. The number of hydrogen-bond donors (Lipinski definition) is 1. The molecule has 27 heavy (non-hydrogen) atoms. The van der Waals surface area contributed by atoms with Crippen molar-refractivity contribution < 1.29 is 18.0 Å². The van der Waals surface area contributed by atoms with Crippen LogP contribution in [0.4, 0.5) is 30.6 Å². The van der Waals surface area contributed by atoms with E-state index in [0.29, 0.717) is 37.7 Å². The van der Waals surface area contributed by atoms with E-state index < -0.39 is 11.7 Å². The number of aromatic nitrogens is 2. The van der Waals surface area contributed by atoms with Gasteiger partial charge >= 0.3 is 6.18 Å². The highest BCUT2D eigenvalue weighted by Crippen LogP contribution is 2.31. The Morgan fingerprint density at radius 3 is 2.44 bits per heavy atom. The molecule has 0 aliphatic carbocycles. The number of carbonyl (C=O) groups is 1. The predicted octanol–water partition coefficient (Wildman–Crippen LogP) is 3.22. The van der Waals surface area contributed by atoms with Gasteiger partial charge < -0.3 is 15.1 Å². The zero-order chi connectivity index (χ0) is 19.6. The molecule has 6 nitrogen and oxygen atoms in total. The number of nitrogens with one attached hydrogen (secondary N) is 1. The van der Waals surface area contributed by atoms with Gasteiger partial charge in [0.15, 0.2) is 0 Å². The van der Waals surface area contributed by atoms with Gasteiger partial charge in [-0.2, -0.15) is 18.2 Å². The summed E-state index contributed by atoms with van der Waals surface area (Å²) < 4.78 is 38.6. The summed E-state index contributed by atoms with van der Waals surface area (Å²) >= 11 is 0. The van der Waals surface area contributed by atoms with E-state index in [-0.39, 0.29) is 17.5 Å². The fourth-order valence-corrected chi connectivity index (χ4v) is 2.92. The lowest BCUT2D eigenvalue weighted by Crippen LogP contribution is -2.48. The number of anilines is 3. The smallest absolute Gasteiger partial charge is 0.353 e. The van der Waals surface area contributed by atoms with Crippen LogP contribution in [0.3, 0.4) is 0 Å². The van der Waals surface area contributed by atoms with Crippen molar-refractivity contribution in [2.75, 3.05) is 36.4 Å². The van der Waals surface area contributed by atoms with Crippen LogP contribution in [0.5, 0.6) is 0 Å². The van der Waals surface area contributed by atoms with E-state index in [1.807, 2.05) is 11.0 Å². The normalized spacial score (nSPS) is 15.0. The summed E-state index contributed by atoms with van der Waals surface area (Å²) in [4.78, 5) is 23.9. The number of alkyl halides is 3. The average Bonchev–Trinajstić information content (AvgIpc) is 2.61. The first-order chi connectivity index (χ1) is 12.7. The van der Waals surface area contributed by atoms with Crippen LogP contribution in [0, 0.1) is 6.92 Å². The molecule has 1 aliphatic heterocycles. The third-order valence-corrected chi connectivity index (χ3v) is 4.34. The highest BCUT2D eigenvalue weighted by molar-refractivity contribution is 5.73. The van der Waals surface area contributed by atoms with Crippen LogP contribution in [-0.4, -0.2) is 47.0 Å². The van der Waals surface area contributed by atoms with Gasteiger partial charge in [-0.3, -0.25) is 4.79 Å². The van der Waals surface area contributed by atoms with E-state index in [1.165, 1.54) is 12.1 Å². The summed E-state index contributed by atoms with van der Waals surface area (Å²) in [5.74, 6) is 0.957. The second kappa shape index (κ2) is 7.42. The molecule has 1 aliphatic rings. The van der Waals surface area contributed by atoms with E-state index in [4.69, 9.17) is 0 Å². The number of benzene rings is 1. The molecular formula is C18H20F3N5O. The Morgan fingerprint density at radius 2 is 1.81 bits per heavy atom. The van der Waals surface area contributed by atoms with Gasteiger partial charge in [-0.1, -0.05) is 6.07 Å². The number of halogens is 3. The fourth-order valence-electron chi connectivity index (χ4n) is 2.92. The van der Waals surface area contributed by atoms with Crippen LogP contribution in [0.25, 0.3) is 0 Å². The first-order valence-corrected chi connectivity index (χ1v) is 8.53. The van der Waals surface area contributed by atoms with Crippen molar-refractivity contribution in [3.63, 3.8) is 0 Å². The largest absolute Gasteiger partial charge is 0.416 e. The Bertz CT molecular complexity index is 832. The van der Waals surface area contributed by atoms with Crippen molar-refractivity contribution in [1.82, 2.24) is 14.9 Å². The van der Waals surface area contributed by atoms with Crippen LogP contribution >= 0.6 is 0 Å². The molecule has 0 atom stereocenters. The number of nitrogens with zero attached hydrogens (tertiary/aromatic N) is 4. The van der Waals surface area contributed by atoms with Gasteiger partial charge in [0, 0.05) is 50.6 Å². The van der Waals surface area contributed by atoms with Gasteiger partial charge in [0.1, 0.15) is 5.82 Å². The minimum absolute atomic E-state index is 0.0421. The summed E-state index contributed by atoms with van der Waals surface area (Å²) in [6.45, 7) is 5.83. The molecule has 144 valence electrons. The zero-order valence-electron chi connectivity index (χ0n) is 15.0. The van der Waals surface area contributed by atoms with Gasteiger partial charge in [0.25, 0.3) is 0 Å². The Labute approximate surface area is 155 Å². The third kappa shape index (κ3) is 4.66. The third-order valence-electron chi connectivity index (χ3n) is 4.34. The molecule has 9 heteroatoms. The fraction of sp³-hybridized carbons (Fsp3) is 0.389. The zero-order valence-corrected chi connectivity index (χ0v) is 15.0. The predicted molar refractivity (Wildman–Crippen MR) is 96.0 cm³/mol. The monoisotopic (exact) mass is 379 g/mol. The number of piperazine rings is 1. The number of rotatable bonds is 3. The summed E-state index contributed by atoms with van der Waals surface area (Å²) in [5.41, 5.74) is 0.229. The van der Waals surface area contributed by atoms with Crippen LogP contribution < -0.4 is 10.2 Å². The Morgan fingerprint density at radius 1 is 1.11 bits per heavy atom. The molecule has 1 amide bonds. The lowest BCUT2D eigenvalue weighted by molar-refractivity contribution is -0.137. The van der Waals surface area contributed by atoms with Crippen LogP contribution in [0.2, 0.25) is 0 Å². The standard InChI is InChI=1S/C18H20F3N5O/c1-12-10-16(26-8-6-25(7-9-26)13(2)27)24-17(22-12)23-15-5-3-4-14(11-15)18(19,20)21/h3-5,10-11H,6-9H2,1-2H3,(H,22,23,24). The molecule has 1 saturated heterocycles. The lowest BCUT2D eigenvalue weighted by Gasteiger charge is -2.35. The molecule has 1 aromatic carbocycles. The van der Waals surface area contributed by atoms with Crippen LogP contribution in [0.1, 0.15) is 18.2 Å². The molecule has 3 rings (SSSR count). The highest BCUT2D eigenvalue weighted by Gasteiger charge is 2.30. The van der Waals surface area contributed by atoms with E-state index in [1.54, 1.807) is 18.7 Å². The van der Waals surface area contributed by atoms with Gasteiger partial charge in [-0.05, 0) is 25.1 Å². The van der Waals surface area contributed by atoms with E-state index in [9.17, 15) is 18.0 Å². The SMILES string of the molecule is CC(=O)N1CCN(c2cc(C)nc(Nc3cccc(C(F)(F)F)c3)n2)CC1. The number of hydrogen-bond acceptors (Lipinski definition) is 5. The Balaban J connectivity index is 1.77. The second-order valence-corrected chi connectivity index (χ2v) is 6.39. The van der Waals surface area contributed by atoms with E-state index >= 15 is 0 Å². The quantitative estimate of drug-likeness (QED) is 0.887. The van der Waals surface area contributed by atoms with Gasteiger partial charge in [0.2, 0.25) is 11.9 Å². The number of carbonyl (C=O) groups excluding carboxylic acids is 1. The molecule has 0 unspecified atom stereocenters. The van der Waals surface area contributed by atoms with Gasteiger partial charge in [-0.25, -0.2) is 4.98 Å². The summed E-state index contributed by atoms with van der Waals surface area (Å²) in [7, 11) is 0. The number of amides is 1. The summed E-state index contributed by atoms with van der Waals surface area (Å²) in [6, 6.07) is 6.73. The minimum Gasteiger partial charge on any atom is -0.353 e. The Kier molecular flexibility index (Phi) is 5.20. The minimum atomic E-state index is -4.41. The molecule has 0 radical (unpaired) electrons. The molecule has 1 N–H and O–H groups in total. The van der Waals surface area contributed by atoms with E-state index in [2.05, 4.69) is 15.3 Å². The topological polar surface area (TPSA) is 61.4 Å². The lowest BCUT2D eigenvalue weighted by atomic mass is 10.2. The molecule has 0 spiro atoms. The molecule has 2 aromatic rings. The summed E-state index contributed by atoms with van der Waals surface area (Å²) in [5, 5.41) is 2.85. The van der Waals surface area contributed by atoms with Crippen LogP contribution in [0.15, 0.2) is 30.3 Å². The van der Waals surface area contributed by atoms with Crippen molar-refractivity contribution in [1.29, 1.82) is 0 Å². The molecule has 1 fully saturated rings. The van der Waals surface area contributed by atoms with Crippen LogP contribution in [-0.2, 0) is 11.0 Å². The molecule has 0 saturated carbocycles. The summed E-state index contributed by atoms with van der Waals surface area (Å²) in [6.07, 6.45) is -4.41. The maximum absolute atomic E-state index is 12.9. The number of aryl methyl sites for hydroxylation is 1. The van der Waals surface area contributed by atoms with Gasteiger partial charge in [-0.15, -0.1) is 0 Å². The van der Waals surface area contributed by atoms with E-state index in [0.717, 1.165) is 12.1 Å². The first kappa shape index (κ1) is 18.9.